The fraction of sp³-hybridized carbons (Fsp3) is 1.00. The van der Waals surface area contributed by atoms with Crippen LogP contribution in [0.4, 0.5) is 0 Å². The topological polar surface area (TPSA) is 55.1 Å². The molecule has 0 rings (SSSR count). The van der Waals surface area contributed by atoms with Crippen molar-refractivity contribution in [3.05, 3.63) is 0 Å². The first-order chi connectivity index (χ1) is 5.37. The van der Waals surface area contributed by atoms with Crippen molar-refractivity contribution < 1.29 is 4.57 Å². The maximum Gasteiger partial charge on any atom is 0.264 e. The molecule has 5 heteroatoms. The van der Waals surface area contributed by atoms with Crippen molar-refractivity contribution in [2.24, 2.45) is 5.50 Å². The first kappa shape index (κ1) is 12.5. The third kappa shape index (κ3) is 6.06. The standard InChI is InChI=1S/C7H19N2OPS/c1-5-7(4)12-11(8,10)9-6(2)3/h6-7H,5H2,1-4H3,(H3,8,9,10). The molecule has 0 radical (unpaired) electrons. The summed E-state index contributed by atoms with van der Waals surface area (Å²) in [5, 5.41) is 3.23. The van der Waals surface area contributed by atoms with Crippen LogP contribution < -0.4 is 10.6 Å². The van der Waals surface area contributed by atoms with Crippen LogP contribution in [0.2, 0.25) is 0 Å². The number of hydrogen-bond acceptors (Lipinski definition) is 2. The molecule has 0 aliphatic rings. The molecule has 0 heterocycles. The first-order valence-electron chi connectivity index (χ1n) is 4.22. The highest BCUT2D eigenvalue weighted by Crippen LogP contribution is 2.50. The summed E-state index contributed by atoms with van der Waals surface area (Å²) < 4.78 is 11.6. The van der Waals surface area contributed by atoms with Gasteiger partial charge < -0.3 is 0 Å². The van der Waals surface area contributed by atoms with E-state index in [2.05, 4.69) is 12.0 Å². The van der Waals surface area contributed by atoms with E-state index >= 15 is 0 Å². The van der Waals surface area contributed by atoms with E-state index in [1.165, 1.54) is 11.4 Å². The van der Waals surface area contributed by atoms with Crippen LogP contribution in [0.3, 0.4) is 0 Å². The van der Waals surface area contributed by atoms with Gasteiger partial charge in [-0.1, -0.05) is 25.2 Å². The molecule has 0 saturated carbocycles. The van der Waals surface area contributed by atoms with E-state index in [1.54, 1.807) is 0 Å². The Bertz CT molecular complexity index is 175. The molecule has 3 N–H and O–H groups in total. The Morgan fingerprint density at radius 2 is 2.00 bits per heavy atom. The smallest absolute Gasteiger partial charge is 0.264 e. The molecule has 12 heavy (non-hydrogen) atoms. The largest absolute Gasteiger partial charge is 0.277 e. The van der Waals surface area contributed by atoms with E-state index in [-0.39, 0.29) is 6.04 Å². The lowest BCUT2D eigenvalue weighted by atomic mass is 10.4. The van der Waals surface area contributed by atoms with Crippen LogP contribution in [0.15, 0.2) is 0 Å². The molecule has 0 aromatic carbocycles. The summed E-state index contributed by atoms with van der Waals surface area (Å²) in [6, 6.07) is 0.178. The second kappa shape index (κ2) is 5.28. The minimum atomic E-state index is -2.65. The van der Waals surface area contributed by atoms with Gasteiger partial charge >= 0.3 is 0 Å². The van der Waals surface area contributed by atoms with Gasteiger partial charge in [-0.05, 0) is 20.3 Å². The Hall–Kier alpha value is 0.500. The summed E-state index contributed by atoms with van der Waals surface area (Å²) in [7, 11) is 0. The predicted molar refractivity (Wildman–Crippen MR) is 57.4 cm³/mol. The molecule has 0 spiro atoms. The van der Waals surface area contributed by atoms with Crippen molar-refractivity contribution in [2.45, 2.75) is 45.4 Å². The molecule has 0 fully saturated rings. The van der Waals surface area contributed by atoms with Crippen LogP contribution in [0, 0.1) is 0 Å². The monoisotopic (exact) mass is 210 g/mol. The van der Waals surface area contributed by atoms with Gasteiger partial charge in [0.25, 0.3) is 6.65 Å². The summed E-state index contributed by atoms with van der Waals surface area (Å²) >= 11 is 1.35. The normalized spacial score (nSPS) is 19.2. The van der Waals surface area contributed by atoms with Crippen LogP contribution in [-0.4, -0.2) is 11.3 Å². The molecule has 3 nitrogen and oxygen atoms in total. The van der Waals surface area contributed by atoms with E-state index in [0.29, 0.717) is 5.25 Å². The van der Waals surface area contributed by atoms with Crippen LogP contribution in [0.5, 0.6) is 0 Å². The number of rotatable bonds is 5. The van der Waals surface area contributed by atoms with Gasteiger partial charge in [0, 0.05) is 11.3 Å². The molecule has 0 aliphatic carbocycles. The zero-order chi connectivity index (χ0) is 9.78. The molecular weight excluding hydrogens is 191 g/mol. The van der Waals surface area contributed by atoms with Crippen LogP contribution in [-0.2, 0) is 4.57 Å². The molecule has 0 saturated heterocycles. The highest BCUT2D eigenvalue weighted by Gasteiger charge is 2.20. The van der Waals surface area contributed by atoms with Gasteiger partial charge in [0.05, 0.1) is 0 Å². The molecule has 2 unspecified atom stereocenters. The number of nitrogens with two attached hydrogens (primary N) is 1. The quantitative estimate of drug-likeness (QED) is 0.685. The Labute approximate surface area is 79.1 Å². The Kier molecular flexibility index (Phi) is 5.50. The molecule has 0 aromatic rings. The number of nitrogens with one attached hydrogen (secondary N) is 1. The summed E-state index contributed by atoms with van der Waals surface area (Å²) in [5.41, 5.74) is 5.60. The molecule has 0 aliphatic heterocycles. The molecule has 74 valence electrons. The minimum absolute atomic E-state index is 0.178. The van der Waals surface area contributed by atoms with Gasteiger partial charge in [-0.25, -0.2) is 5.09 Å². The molecule has 0 amide bonds. The van der Waals surface area contributed by atoms with Crippen molar-refractivity contribution in [2.75, 3.05) is 0 Å². The van der Waals surface area contributed by atoms with Gasteiger partial charge in [0.15, 0.2) is 0 Å². The van der Waals surface area contributed by atoms with Crippen molar-refractivity contribution in [3.8, 4) is 0 Å². The maximum absolute atomic E-state index is 11.6. The second-order valence-electron chi connectivity index (χ2n) is 3.21. The zero-order valence-electron chi connectivity index (χ0n) is 8.20. The highest BCUT2D eigenvalue weighted by atomic mass is 32.7. The fourth-order valence-electron chi connectivity index (χ4n) is 0.732. The van der Waals surface area contributed by atoms with Gasteiger partial charge in [-0.15, -0.1) is 0 Å². The Balaban J connectivity index is 3.95. The highest BCUT2D eigenvalue weighted by molar-refractivity contribution is 8.57. The van der Waals surface area contributed by atoms with Gasteiger partial charge in [-0.3, -0.25) is 10.1 Å². The van der Waals surface area contributed by atoms with E-state index in [4.69, 9.17) is 5.50 Å². The van der Waals surface area contributed by atoms with Gasteiger partial charge in [-0.2, -0.15) is 0 Å². The minimum Gasteiger partial charge on any atom is -0.277 e. The maximum atomic E-state index is 11.6. The van der Waals surface area contributed by atoms with Crippen LogP contribution in [0.1, 0.15) is 34.1 Å². The van der Waals surface area contributed by atoms with Gasteiger partial charge in [0.2, 0.25) is 0 Å². The third-order valence-electron chi connectivity index (χ3n) is 1.35. The van der Waals surface area contributed by atoms with Crippen molar-refractivity contribution >= 4 is 18.0 Å². The average Bonchev–Trinajstić information content (AvgIpc) is 1.83. The first-order valence-corrected chi connectivity index (χ1v) is 7.48. The zero-order valence-corrected chi connectivity index (χ0v) is 9.91. The van der Waals surface area contributed by atoms with Crippen LogP contribution in [0.25, 0.3) is 0 Å². The summed E-state index contributed by atoms with van der Waals surface area (Å²) in [4.78, 5) is 0. The summed E-state index contributed by atoms with van der Waals surface area (Å²) in [6.07, 6.45) is 0.992. The van der Waals surface area contributed by atoms with E-state index in [9.17, 15) is 4.57 Å². The van der Waals surface area contributed by atoms with E-state index in [1.807, 2.05) is 20.8 Å². The molecular formula is C7H19N2OPS. The van der Waals surface area contributed by atoms with Crippen LogP contribution >= 0.6 is 18.0 Å². The lowest BCUT2D eigenvalue weighted by Gasteiger charge is -2.19. The van der Waals surface area contributed by atoms with E-state index in [0.717, 1.165) is 6.42 Å². The third-order valence-corrected chi connectivity index (χ3v) is 5.57. The lowest BCUT2D eigenvalue weighted by molar-refractivity contribution is 0.568. The predicted octanol–water partition coefficient (Wildman–Crippen LogP) is 2.58. The fourth-order valence-corrected chi connectivity index (χ4v) is 5.06. The van der Waals surface area contributed by atoms with Crippen molar-refractivity contribution in [1.29, 1.82) is 0 Å². The lowest BCUT2D eigenvalue weighted by Crippen LogP contribution is -2.22. The SMILES string of the molecule is CCC(C)SP(N)(=O)NC(C)C. The van der Waals surface area contributed by atoms with Gasteiger partial charge in [0.1, 0.15) is 0 Å². The molecule has 2 atom stereocenters. The summed E-state index contributed by atoms with van der Waals surface area (Å²) in [5.74, 6) is 0. The van der Waals surface area contributed by atoms with Crippen molar-refractivity contribution in [1.82, 2.24) is 5.09 Å². The second-order valence-corrected chi connectivity index (χ2v) is 7.93. The Morgan fingerprint density at radius 3 is 2.33 bits per heavy atom. The van der Waals surface area contributed by atoms with E-state index < -0.39 is 6.65 Å². The molecule has 0 bridgehead atoms. The van der Waals surface area contributed by atoms with Crippen molar-refractivity contribution in [3.63, 3.8) is 0 Å². The molecule has 0 aromatic heterocycles. The average molecular weight is 210 g/mol. The number of hydrogen-bond donors (Lipinski definition) is 2. The summed E-state index contributed by atoms with van der Waals surface area (Å²) in [6.45, 7) is 5.32. The Morgan fingerprint density at radius 1 is 1.50 bits per heavy atom.